The standard InChI is InChI=1S/C6H15N3O2/c1-3-11-4-5(2)8-6(7)9-10/h5,10H,3-4H2,1-2H3,(H3,7,8,9). The van der Waals surface area contributed by atoms with E-state index in [-0.39, 0.29) is 12.0 Å². The van der Waals surface area contributed by atoms with E-state index in [0.29, 0.717) is 13.2 Å². The highest BCUT2D eigenvalue weighted by Gasteiger charge is 1.98. The summed E-state index contributed by atoms with van der Waals surface area (Å²) in [4.78, 5) is 3.84. The maximum absolute atomic E-state index is 8.26. The molecule has 0 aliphatic rings. The van der Waals surface area contributed by atoms with E-state index in [1.807, 2.05) is 13.8 Å². The molecule has 0 aliphatic carbocycles. The van der Waals surface area contributed by atoms with Crippen molar-refractivity contribution in [3.63, 3.8) is 0 Å². The first-order valence-corrected chi connectivity index (χ1v) is 3.51. The molecule has 5 nitrogen and oxygen atoms in total. The highest BCUT2D eigenvalue weighted by atomic mass is 16.5. The van der Waals surface area contributed by atoms with Gasteiger partial charge in [0.1, 0.15) is 0 Å². The normalized spacial score (nSPS) is 14.6. The van der Waals surface area contributed by atoms with Crippen molar-refractivity contribution in [2.24, 2.45) is 10.7 Å². The number of nitrogens with zero attached hydrogens (tertiary/aromatic N) is 1. The minimum absolute atomic E-state index is 0.0113. The maximum atomic E-state index is 8.26. The van der Waals surface area contributed by atoms with Gasteiger partial charge < -0.3 is 10.5 Å². The van der Waals surface area contributed by atoms with Crippen molar-refractivity contribution in [3.8, 4) is 0 Å². The van der Waals surface area contributed by atoms with Gasteiger partial charge in [-0.3, -0.25) is 5.21 Å². The predicted molar refractivity (Wildman–Crippen MR) is 42.5 cm³/mol. The van der Waals surface area contributed by atoms with Crippen LogP contribution in [0.1, 0.15) is 13.8 Å². The summed E-state index contributed by atoms with van der Waals surface area (Å²) >= 11 is 0. The smallest absolute Gasteiger partial charge is 0.213 e. The molecule has 0 saturated heterocycles. The van der Waals surface area contributed by atoms with Crippen molar-refractivity contribution < 1.29 is 9.94 Å². The van der Waals surface area contributed by atoms with Crippen LogP contribution in [-0.4, -0.2) is 30.4 Å². The number of aliphatic imine (C=N–C) groups is 1. The van der Waals surface area contributed by atoms with Gasteiger partial charge in [-0.2, -0.15) is 0 Å². The molecule has 4 N–H and O–H groups in total. The second-order valence-corrected chi connectivity index (χ2v) is 2.13. The van der Waals surface area contributed by atoms with Gasteiger partial charge in [0.2, 0.25) is 5.96 Å². The molecule has 0 rings (SSSR count). The lowest BCUT2D eigenvalue weighted by Gasteiger charge is -2.06. The van der Waals surface area contributed by atoms with Crippen LogP contribution in [0.25, 0.3) is 0 Å². The molecular formula is C6H15N3O2. The second-order valence-electron chi connectivity index (χ2n) is 2.13. The van der Waals surface area contributed by atoms with Gasteiger partial charge >= 0.3 is 0 Å². The largest absolute Gasteiger partial charge is 0.380 e. The van der Waals surface area contributed by atoms with Crippen molar-refractivity contribution in [1.82, 2.24) is 5.48 Å². The van der Waals surface area contributed by atoms with Crippen LogP contribution in [0.15, 0.2) is 4.99 Å². The summed E-state index contributed by atoms with van der Waals surface area (Å²) in [5, 5.41) is 8.26. The first kappa shape index (κ1) is 10.2. The van der Waals surface area contributed by atoms with Crippen molar-refractivity contribution in [3.05, 3.63) is 0 Å². The lowest BCUT2D eigenvalue weighted by Crippen LogP contribution is -2.30. The number of hydroxylamine groups is 1. The van der Waals surface area contributed by atoms with Crippen molar-refractivity contribution in [1.29, 1.82) is 0 Å². The topological polar surface area (TPSA) is 79.9 Å². The molecule has 0 aromatic rings. The number of nitrogens with one attached hydrogen (secondary N) is 1. The Bertz CT molecular complexity index is 127. The summed E-state index contributed by atoms with van der Waals surface area (Å²) in [7, 11) is 0. The summed E-state index contributed by atoms with van der Waals surface area (Å²) < 4.78 is 5.07. The fourth-order valence-electron chi connectivity index (χ4n) is 0.592. The summed E-state index contributed by atoms with van der Waals surface area (Å²) in [6.07, 6.45) is 0. The molecule has 0 aromatic carbocycles. The molecule has 0 heterocycles. The molecule has 5 heteroatoms. The SMILES string of the molecule is CCOCC(C)N=C(N)NO. The van der Waals surface area contributed by atoms with Gasteiger partial charge in [0, 0.05) is 6.61 Å². The average molecular weight is 161 g/mol. The average Bonchev–Trinajstić information content (AvgIpc) is 2.00. The third-order valence-corrected chi connectivity index (χ3v) is 1.04. The second kappa shape index (κ2) is 5.94. The zero-order chi connectivity index (χ0) is 8.69. The number of ether oxygens (including phenoxy) is 1. The summed E-state index contributed by atoms with van der Waals surface area (Å²) in [5.74, 6) is 0.0113. The molecule has 1 unspecified atom stereocenters. The van der Waals surface area contributed by atoms with Gasteiger partial charge in [-0.25, -0.2) is 10.5 Å². The van der Waals surface area contributed by atoms with Crippen molar-refractivity contribution in [2.75, 3.05) is 13.2 Å². The number of nitrogens with two attached hydrogens (primary N) is 1. The molecule has 0 fully saturated rings. The zero-order valence-corrected chi connectivity index (χ0v) is 6.87. The van der Waals surface area contributed by atoms with Gasteiger partial charge in [-0.15, -0.1) is 0 Å². The van der Waals surface area contributed by atoms with Crippen LogP contribution in [0.4, 0.5) is 0 Å². The van der Waals surface area contributed by atoms with E-state index < -0.39 is 0 Å². The Hall–Kier alpha value is -0.810. The number of hydrogen-bond donors (Lipinski definition) is 3. The fraction of sp³-hybridized carbons (Fsp3) is 0.833. The summed E-state index contributed by atoms with van der Waals surface area (Å²) in [6, 6.07) is -0.0328. The van der Waals surface area contributed by atoms with Crippen LogP contribution in [0, 0.1) is 0 Å². The van der Waals surface area contributed by atoms with E-state index in [0.717, 1.165) is 0 Å². The Morgan fingerprint density at radius 1 is 1.82 bits per heavy atom. The predicted octanol–water partition coefficient (Wildman–Crippen LogP) is -0.295. The highest BCUT2D eigenvalue weighted by molar-refractivity contribution is 5.76. The molecule has 0 aliphatic heterocycles. The molecule has 66 valence electrons. The molecule has 1 atom stereocenters. The minimum atomic E-state index is -0.0328. The molecule has 11 heavy (non-hydrogen) atoms. The monoisotopic (exact) mass is 161 g/mol. The van der Waals surface area contributed by atoms with Gasteiger partial charge in [0.15, 0.2) is 0 Å². The summed E-state index contributed by atoms with van der Waals surface area (Å²) in [6.45, 7) is 4.93. The van der Waals surface area contributed by atoms with Gasteiger partial charge in [0.25, 0.3) is 0 Å². The van der Waals surface area contributed by atoms with Crippen molar-refractivity contribution in [2.45, 2.75) is 19.9 Å². The quantitative estimate of drug-likeness (QED) is 0.300. The van der Waals surface area contributed by atoms with Crippen LogP contribution in [-0.2, 0) is 4.74 Å². The molecule has 0 radical (unpaired) electrons. The molecule has 0 bridgehead atoms. The van der Waals surface area contributed by atoms with E-state index in [4.69, 9.17) is 15.7 Å². The van der Waals surface area contributed by atoms with E-state index in [9.17, 15) is 0 Å². The lowest BCUT2D eigenvalue weighted by atomic mass is 10.4. The molecule has 0 spiro atoms. The van der Waals surface area contributed by atoms with E-state index in [2.05, 4.69) is 4.99 Å². The number of guanidine groups is 1. The zero-order valence-electron chi connectivity index (χ0n) is 6.87. The van der Waals surface area contributed by atoms with Crippen LogP contribution >= 0.6 is 0 Å². The Kier molecular flexibility index (Phi) is 5.50. The summed E-state index contributed by atoms with van der Waals surface area (Å²) in [5.41, 5.74) is 6.92. The first-order chi connectivity index (χ1) is 5.20. The maximum Gasteiger partial charge on any atom is 0.213 e. The van der Waals surface area contributed by atoms with Crippen molar-refractivity contribution >= 4 is 5.96 Å². The molecule has 0 saturated carbocycles. The third kappa shape index (κ3) is 5.63. The number of hydrogen-bond acceptors (Lipinski definition) is 3. The van der Waals surface area contributed by atoms with E-state index in [1.54, 1.807) is 5.48 Å². The first-order valence-electron chi connectivity index (χ1n) is 3.51. The Labute approximate surface area is 66.2 Å². The Morgan fingerprint density at radius 3 is 2.91 bits per heavy atom. The number of rotatable bonds is 4. The fourth-order valence-corrected chi connectivity index (χ4v) is 0.592. The molecule has 0 amide bonds. The van der Waals surface area contributed by atoms with Crippen LogP contribution in [0.2, 0.25) is 0 Å². The third-order valence-electron chi connectivity index (χ3n) is 1.04. The van der Waals surface area contributed by atoms with Gasteiger partial charge in [0.05, 0.1) is 12.6 Å². The van der Waals surface area contributed by atoms with Crippen LogP contribution < -0.4 is 11.2 Å². The highest BCUT2D eigenvalue weighted by Crippen LogP contribution is 1.89. The Morgan fingerprint density at radius 2 is 2.45 bits per heavy atom. The lowest BCUT2D eigenvalue weighted by molar-refractivity contribution is 0.137. The van der Waals surface area contributed by atoms with Crippen LogP contribution in [0.5, 0.6) is 0 Å². The van der Waals surface area contributed by atoms with Crippen LogP contribution in [0.3, 0.4) is 0 Å². The van der Waals surface area contributed by atoms with Gasteiger partial charge in [-0.05, 0) is 13.8 Å². The molecule has 0 aromatic heterocycles. The van der Waals surface area contributed by atoms with E-state index in [1.165, 1.54) is 0 Å². The van der Waals surface area contributed by atoms with E-state index >= 15 is 0 Å². The molecular weight excluding hydrogens is 146 g/mol. The Balaban J connectivity index is 3.57. The van der Waals surface area contributed by atoms with Gasteiger partial charge in [-0.1, -0.05) is 0 Å². The minimum Gasteiger partial charge on any atom is -0.380 e.